The van der Waals surface area contributed by atoms with E-state index in [2.05, 4.69) is 14.8 Å². The Kier molecular flexibility index (Phi) is 6.80. The molecule has 2 aromatic heterocycles. The highest BCUT2D eigenvalue weighted by Gasteiger charge is 2.35. The molecule has 34 heavy (non-hydrogen) atoms. The van der Waals surface area contributed by atoms with Crippen LogP contribution in [0.1, 0.15) is 67.8 Å². The lowest BCUT2D eigenvalue weighted by Crippen LogP contribution is -2.41. The molecule has 1 saturated carbocycles. The molecular weight excluding hydrogens is 455 g/mol. The average Bonchev–Trinajstić information content (AvgIpc) is 3.50. The van der Waals surface area contributed by atoms with Gasteiger partial charge in [0.05, 0.1) is 11.5 Å². The topological polar surface area (TPSA) is 81.2 Å². The van der Waals surface area contributed by atoms with Gasteiger partial charge in [-0.2, -0.15) is 0 Å². The summed E-state index contributed by atoms with van der Waals surface area (Å²) in [6.45, 7) is 0.360. The fourth-order valence-electron chi connectivity index (χ4n) is 4.79. The van der Waals surface area contributed by atoms with Crippen molar-refractivity contribution in [3.05, 3.63) is 54.0 Å². The number of halogens is 1. The zero-order chi connectivity index (χ0) is 23.5. The Morgan fingerprint density at radius 2 is 1.76 bits per heavy atom. The molecular formula is C25H27FN4O3S. The van der Waals surface area contributed by atoms with E-state index in [1.165, 1.54) is 47.3 Å². The lowest BCUT2D eigenvalue weighted by molar-refractivity contribution is -0.127. The van der Waals surface area contributed by atoms with Gasteiger partial charge in [-0.3, -0.25) is 19.1 Å². The summed E-state index contributed by atoms with van der Waals surface area (Å²) < 4.78 is 21.1. The second-order valence-corrected chi connectivity index (χ2v) is 10.0. The molecule has 7 nitrogen and oxygen atoms in total. The van der Waals surface area contributed by atoms with Gasteiger partial charge in [0.25, 0.3) is 5.91 Å². The second-order valence-electron chi connectivity index (χ2n) is 8.85. The number of benzene rings is 1. The van der Waals surface area contributed by atoms with Crippen molar-refractivity contribution in [1.82, 2.24) is 19.7 Å². The number of hydrogen-bond donors (Lipinski definition) is 0. The molecule has 0 bridgehead atoms. The third-order valence-corrected chi connectivity index (χ3v) is 7.78. The van der Waals surface area contributed by atoms with Crippen molar-refractivity contribution in [3.63, 3.8) is 0 Å². The first-order chi connectivity index (χ1) is 16.6. The minimum absolute atomic E-state index is 0.227. The summed E-state index contributed by atoms with van der Waals surface area (Å²) in [6.07, 6.45) is 9.43. The smallest absolute Gasteiger partial charge is 0.260 e. The molecule has 1 aliphatic carbocycles. The van der Waals surface area contributed by atoms with E-state index in [1.54, 1.807) is 6.26 Å². The summed E-state index contributed by atoms with van der Waals surface area (Å²) in [7, 11) is 0. The number of carbonyl (C=O) groups excluding carboxylic acids is 2. The van der Waals surface area contributed by atoms with Crippen molar-refractivity contribution in [1.29, 1.82) is 0 Å². The molecule has 1 aliphatic heterocycles. The second kappa shape index (κ2) is 10.1. The molecule has 0 radical (unpaired) electrons. The standard InChI is InChI=1S/C25H27FN4O3S/c26-18-13-11-17(12-14-18)23(31)29-15-5-4-10-21(24(29)32)34-25-28-27-22(20-9-6-16-33-20)30(25)19-7-2-1-3-8-19/h6,9,11-14,16,19,21H,1-5,7-8,10,15H2. The van der Waals surface area contributed by atoms with E-state index in [9.17, 15) is 14.0 Å². The van der Waals surface area contributed by atoms with Crippen LogP contribution in [0.15, 0.2) is 52.2 Å². The highest BCUT2D eigenvalue weighted by Crippen LogP contribution is 2.38. The molecule has 1 saturated heterocycles. The van der Waals surface area contributed by atoms with E-state index < -0.39 is 11.1 Å². The number of aromatic nitrogens is 3. The Labute approximate surface area is 201 Å². The molecule has 3 aromatic rings. The van der Waals surface area contributed by atoms with Gasteiger partial charge in [-0.15, -0.1) is 10.2 Å². The average molecular weight is 483 g/mol. The fraction of sp³-hybridized carbons (Fsp3) is 0.440. The van der Waals surface area contributed by atoms with Crippen molar-refractivity contribution in [2.75, 3.05) is 6.54 Å². The summed E-state index contributed by atoms with van der Waals surface area (Å²) in [6, 6.07) is 9.28. The molecule has 1 atom stereocenters. The summed E-state index contributed by atoms with van der Waals surface area (Å²) in [4.78, 5) is 27.9. The van der Waals surface area contributed by atoms with Crippen molar-refractivity contribution < 1.29 is 18.4 Å². The first-order valence-corrected chi connectivity index (χ1v) is 12.8. The number of amides is 2. The molecule has 1 aromatic carbocycles. The van der Waals surface area contributed by atoms with Gasteiger partial charge in [-0.1, -0.05) is 37.4 Å². The Morgan fingerprint density at radius 1 is 1.00 bits per heavy atom. The molecule has 2 amide bonds. The third-order valence-electron chi connectivity index (χ3n) is 6.57. The van der Waals surface area contributed by atoms with Crippen LogP contribution in [0.2, 0.25) is 0 Å². The first kappa shape index (κ1) is 22.8. The number of nitrogens with zero attached hydrogens (tertiary/aromatic N) is 4. The number of imide groups is 1. The van der Waals surface area contributed by atoms with Gasteiger partial charge in [0.1, 0.15) is 5.82 Å². The molecule has 1 unspecified atom stereocenters. The lowest BCUT2D eigenvalue weighted by atomic mass is 9.95. The maximum Gasteiger partial charge on any atom is 0.260 e. The Bertz CT molecular complexity index is 1140. The summed E-state index contributed by atoms with van der Waals surface area (Å²) in [5, 5.41) is 9.14. The van der Waals surface area contributed by atoms with Crippen LogP contribution in [-0.4, -0.2) is 43.3 Å². The number of rotatable bonds is 5. The molecule has 3 heterocycles. The highest BCUT2D eigenvalue weighted by molar-refractivity contribution is 8.00. The number of thioether (sulfide) groups is 1. The largest absolute Gasteiger partial charge is 0.461 e. The maximum absolute atomic E-state index is 13.5. The third kappa shape index (κ3) is 4.66. The summed E-state index contributed by atoms with van der Waals surface area (Å²) in [5.74, 6) is 0.309. The minimum atomic E-state index is -0.442. The Balaban J connectivity index is 1.42. The quantitative estimate of drug-likeness (QED) is 0.447. The molecule has 9 heteroatoms. The van der Waals surface area contributed by atoms with Crippen molar-refractivity contribution >= 4 is 23.6 Å². The molecule has 178 valence electrons. The van der Waals surface area contributed by atoms with Crippen LogP contribution < -0.4 is 0 Å². The van der Waals surface area contributed by atoms with Crippen molar-refractivity contribution in [3.8, 4) is 11.6 Å². The predicted molar refractivity (Wildman–Crippen MR) is 126 cm³/mol. The predicted octanol–water partition coefficient (Wildman–Crippen LogP) is 5.50. The van der Waals surface area contributed by atoms with Crippen molar-refractivity contribution in [2.45, 2.75) is 67.8 Å². The van der Waals surface area contributed by atoms with Crippen LogP contribution in [0.3, 0.4) is 0 Å². The molecule has 2 aliphatic rings. The van der Waals surface area contributed by atoms with Crippen molar-refractivity contribution in [2.24, 2.45) is 0 Å². The Hall–Kier alpha value is -2.94. The van der Waals surface area contributed by atoms with E-state index in [0.29, 0.717) is 35.3 Å². The SMILES string of the molecule is O=C(c1ccc(F)cc1)N1CCCCC(Sc2nnc(-c3ccco3)n2C2CCCCC2)C1=O. The monoisotopic (exact) mass is 482 g/mol. The van der Waals surface area contributed by atoms with Gasteiger partial charge in [0.15, 0.2) is 10.9 Å². The van der Waals surface area contributed by atoms with Gasteiger partial charge in [-0.05, 0) is 62.1 Å². The van der Waals surface area contributed by atoms with Gasteiger partial charge in [-0.25, -0.2) is 4.39 Å². The normalized spacial score (nSPS) is 19.9. The molecule has 0 spiro atoms. The lowest BCUT2D eigenvalue weighted by Gasteiger charge is -2.26. The van der Waals surface area contributed by atoms with E-state index in [4.69, 9.17) is 4.42 Å². The van der Waals surface area contributed by atoms with Gasteiger partial charge in [0.2, 0.25) is 11.7 Å². The van der Waals surface area contributed by atoms with Gasteiger partial charge >= 0.3 is 0 Å². The van der Waals surface area contributed by atoms with Crippen LogP contribution >= 0.6 is 11.8 Å². The van der Waals surface area contributed by atoms with Crippen LogP contribution in [0, 0.1) is 5.82 Å². The summed E-state index contributed by atoms with van der Waals surface area (Å²) >= 11 is 1.39. The zero-order valence-electron chi connectivity index (χ0n) is 18.9. The van der Waals surface area contributed by atoms with Gasteiger partial charge in [0, 0.05) is 18.2 Å². The summed E-state index contributed by atoms with van der Waals surface area (Å²) in [5.41, 5.74) is 0.311. The van der Waals surface area contributed by atoms with Crippen LogP contribution in [0.25, 0.3) is 11.6 Å². The number of likely N-dealkylation sites (tertiary alicyclic amines) is 1. The van der Waals surface area contributed by atoms with Crippen LogP contribution in [-0.2, 0) is 4.79 Å². The van der Waals surface area contributed by atoms with E-state index in [-0.39, 0.29) is 17.9 Å². The first-order valence-electron chi connectivity index (χ1n) is 11.9. The minimum Gasteiger partial charge on any atom is -0.461 e. The van der Waals surface area contributed by atoms with E-state index >= 15 is 0 Å². The number of carbonyl (C=O) groups is 2. The van der Waals surface area contributed by atoms with Crippen LogP contribution in [0.4, 0.5) is 4.39 Å². The molecule has 0 N–H and O–H groups in total. The maximum atomic E-state index is 13.5. The zero-order valence-corrected chi connectivity index (χ0v) is 19.7. The van der Waals surface area contributed by atoms with E-state index in [0.717, 1.165) is 38.5 Å². The van der Waals surface area contributed by atoms with E-state index in [1.807, 2.05) is 12.1 Å². The molecule has 5 rings (SSSR count). The fourth-order valence-corrected chi connectivity index (χ4v) is 6.00. The number of hydrogen-bond acceptors (Lipinski definition) is 6. The van der Waals surface area contributed by atoms with Gasteiger partial charge < -0.3 is 4.42 Å². The number of furan rings is 1. The molecule has 2 fully saturated rings. The highest BCUT2D eigenvalue weighted by atomic mass is 32.2. The van der Waals surface area contributed by atoms with Crippen LogP contribution in [0.5, 0.6) is 0 Å². The Morgan fingerprint density at radius 3 is 2.50 bits per heavy atom.